The molecule has 2 N–H and O–H groups in total. The maximum atomic E-state index is 11.6. The quantitative estimate of drug-likeness (QED) is 0.807. The standard InChI is InChI=1S/C12H20N4O4S/c1-12(2,3)20-11(19)15-8(10(17)18)5-21-6-9-13-7-14-16(9)4/h7-8H,5-6H2,1-4H3,(H,15,19)(H,17,18). The summed E-state index contributed by atoms with van der Waals surface area (Å²) in [6, 6.07) is -1.02. The molecule has 1 rings (SSSR count). The van der Waals surface area contributed by atoms with Gasteiger partial charge in [0.15, 0.2) is 0 Å². The number of alkyl carbamates (subject to hydrolysis) is 1. The molecule has 0 bridgehead atoms. The summed E-state index contributed by atoms with van der Waals surface area (Å²) in [5.41, 5.74) is -0.668. The molecule has 1 aromatic heterocycles. The van der Waals surface area contributed by atoms with Crippen molar-refractivity contribution in [1.29, 1.82) is 0 Å². The third-order valence-corrected chi connectivity index (χ3v) is 3.34. The van der Waals surface area contributed by atoms with Crippen molar-refractivity contribution in [1.82, 2.24) is 20.1 Å². The molecular weight excluding hydrogens is 296 g/mol. The lowest BCUT2D eigenvalue weighted by Crippen LogP contribution is -2.44. The lowest BCUT2D eigenvalue weighted by atomic mass is 10.2. The smallest absolute Gasteiger partial charge is 0.408 e. The molecular formula is C12H20N4O4S. The number of carbonyl (C=O) groups excluding carboxylic acids is 1. The van der Waals surface area contributed by atoms with Gasteiger partial charge in [-0.15, -0.1) is 0 Å². The number of aliphatic carboxylic acids is 1. The largest absolute Gasteiger partial charge is 0.480 e. The molecule has 1 aromatic rings. The molecule has 118 valence electrons. The third-order valence-electron chi connectivity index (χ3n) is 2.31. The second-order valence-electron chi connectivity index (χ2n) is 5.35. The van der Waals surface area contributed by atoms with Gasteiger partial charge in [-0.1, -0.05) is 0 Å². The van der Waals surface area contributed by atoms with Crippen molar-refractivity contribution >= 4 is 23.8 Å². The van der Waals surface area contributed by atoms with Crippen molar-refractivity contribution in [3.05, 3.63) is 12.2 Å². The minimum Gasteiger partial charge on any atom is -0.480 e. The Morgan fingerprint density at radius 1 is 1.52 bits per heavy atom. The molecule has 0 aliphatic carbocycles. The summed E-state index contributed by atoms with van der Waals surface area (Å²) in [6.45, 7) is 5.14. The monoisotopic (exact) mass is 316 g/mol. The van der Waals surface area contributed by atoms with Crippen LogP contribution in [0, 0.1) is 0 Å². The summed E-state index contributed by atoms with van der Waals surface area (Å²) in [5, 5.41) is 15.4. The van der Waals surface area contributed by atoms with Crippen LogP contribution in [-0.2, 0) is 22.3 Å². The van der Waals surface area contributed by atoms with E-state index in [1.807, 2.05) is 0 Å². The number of thioether (sulfide) groups is 1. The van der Waals surface area contributed by atoms with Crippen LogP contribution in [0.25, 0.3) is 0 Å². The number of amides is 1. The molecule has 9 heteroatoms. The topological polar surface area (TPSA) is 106 Å². The molecule has 0 aliphatic heterocycles. The van der Waals surface area contributed by atoms with Gasteiger partial charge in [-0.3, -0.25) is 4.68 Å². The van der Waals surface area contributed by atoms with Gasteiger partial charge in [0.2, 0.25) is 0 Å². The highest BCUT2D eigenvalue weighted by molar-refractivity contribution is 7.98. The first-order valence-electron chi connectivity index (χ1n) is 6.32. The Morgan fingerprint density at radius 2 is 2.19 bits per heavy atom. The molecule has 1 amide bonds. The van der Waals surface area contributed by atoms with Crippen LogP contribution in [0.5, 0.6) is 0 Å². The lowest BCUT2D eigenvalue weighted by molar-refractivity contribution is -0.138. The van der Waals surface area contributed by atoms with Gasteiger partial charge in [-0.05, 0) is 20.8 Å². The number of carbonyl (C=O) groups is 2. The molecule has 0 saturated carbocycles. The number of nitrogens with one attached hydrogen (secondary N) is 1. The Balaban J connectivity index is 2.45. The normalized spacial score (nSPS) is 12.8. The van der Waals surface area contributed by atoms with E-state index < -0.39 is 23.7 Å². The van der Waals surface area contributed by atoms with Crippen LogP contribution >= 0.6 is 11.8 Å². The number of aryl methyl sites for hydroxylation is 1. The number of aromatic nitrogens is 3. The van der Waals surface area contributed by atoms with Crippen molar-refractivity contribution in [3.63, 3.8) is 0 Å². The van der Waals surface area contributed by atoms with Crippen LogP contribution in [-0.4, -0.2) is 49.3 Å². The molecule has 21 heavy (non-hydrogen) atoms. The molecule has 8 nitrogen and oxygen atoms in total. The summed E-state index contributed by atoms with van der Waals surface area (Å²) in [6.07, 6.45) is 0.693. The second kappa shape index (κ2) is 7.30. The second-order valence-corrected chi connectivity index (χ2v) is 6.38. The zero-order chi connectivity index (χ0) is 16.0. The first kappa shape index (κ1) is 17.3. The van der Waals surface area contributed by atoms with Gasteiger partial charge in [0.25, 0.3) is 0 Å². The fourth-order valence-electron chi connectivity index (χ4n) is 1.34. The minimum absolute atomic E-state index is 0.210. The van der Waals surface area contributed by atoms with E-state index in [-0.39, 0.29) is 5.75 Å². The Morgan fingerprint density at radius 3 is 2.67 bits per heavy atom. The van der Waals surface area contributed by atoms with Crippen molar-refractivity contribution in [2.45, 2.75) is 38.2 Å². The summed E-state index contributed by atoms with van der Waals surface area (Å²) in [4.78, 5) is 26.8. The van der Waals surface area contributed by atoms with E-state index in [4.69, 9.17) is 9.84 Å². The van der Waals surface area contributed by atoms with E-state index in [9.17, 15) is 9.59 Å². The molecule has 1 heterocycles. The molecule has 0 fully saturated rings. The summed E-state index contributed by atoms with van der Waals surface area (Å²) < 4.78 is 6.66. The average Bonchev–Trinajstić information content (AvgIpc) is 2.71. The first-order valence-corrected chi connectivity index (χ1v) is 7.47. The predicted octanol–water partition coefficient (Wildman–Crippen LogP) is 1.03. The number of rotatable bonds is 6. The highest BCUT2D eigenvalue weighted by atomic mass is 32.2. The van der Waals surface area contributed by atoms with Crippen molar-refractivity contribution < 1.29 is 19.4 Å². The zero-order valence-electron chi connectivity index (χ0n) is 12.5. The number of carboxylic acid groups (broad SMARTS) is 1. The van der Waals surface area contributed by atoms with Crippen LogP contribution in [0.15, 0.2) is 6.33 Å². The fraction of sp³-hybridized carbons (Fsp3) is 0.667. The van der Waals surface area contributed by atoms with Gasteiger partial charge in [0, 0.05) is 12.8 Å². The molecule has 1 unspecified atom stereocenters. The van der Waals surface area contributed by atoms with Crippen LogP contribution in [0.4, 0.5) is 4.79 Å². The average molecular weight is 316 g/mol. The van der Waals surface area contributed by atoms with Crippen LogP contribution in [0.3, 0.4) is 0 Å². The van der Waals surface area contributed by atoms with Crippen LogP contribution in [0.1, 0.15) is 26.6 Å². The Kier molecular flexibility index (Phi) is 6.01. The Bertz CT molecular complexity index is 498. The fourth-order valence-corrected chi connectivity index (χ4v) is 2.37. The van der Waals surface area contributed by atoms with Gasteiger partial charge >= 0.3 is 12.1 Å². The predicted molar refractivity (Wildman–Crippen MR) is 78.0 cm³/mol. The van der Waals surface area contributed by atoms with E-state index in [0.29, 0.717) is 5.75 Å². The lowest BCUT2D eigenvalue weighted by Gasteiger charge is -2.21. The van der Waals surface area contributed by atoms with Crippen molar-refractivity contribution in [3.8, 4) is 0 Å². The van der Waals surface area contributed by atoms with Gasteiger partial charge < -0.3 is 15.2 Å². The van der Waals surface area contributed by atoms with Gasteiger partial charge in [-0.2, -0.15) is 16.9 Å². The number of nitrogens with zero attached hydrogens (tertiary/aromatic N) is 3. The first-order chi connectivity index (χ1) is 9.69. The summed E-state index contributed by atoms with van der Waals surface area (Å²) >= 11 is 1.35. The molecule has 1 atom stereocenters. The van der Waals surface area contributed by atoms with Gasteiger partial charge in [-0.25, -0.2) is 14.6 Å². The third kappa shape index (κ3) is 6.48. The zero-order valence-corrected chi connectivity index (χ0v) is 13.3. The highest BCUT2D eigenvalue weighted by Crippen LogP contribution is 2.12. The van der Waals surface area contributed by atoms with E-state index in [1.165, 1.54) is 18.1 Å². The van der Waals surface area contributed by atoms with Crippen molar-refractivity contribution in [2.24, 2.45) is 7.05 Å². The molecule has 0 aromatic carbocycles. The Hall–Kier alpha value is -1.77. The number of hydrogen-bond acceptors (Lipinski definition) is 6. The van der Waals surface area contributed by atoms with E-state index in [2.05, 4.69) is 15.4 Å². The van der Waals surface area contributed by atoms with E-state index in [0.717, 1.165) is 5.82 Å². The van der Waals surface area contributed by atoms with Gasteiger partial charge in [0.05, 0.1) is 5.75 Å². The van der Waals surface area contributed by atoms with Gasteiger partial charge in [0.1, 0.15) is 23.8 Å². The summed E-state index contributed by atoms with van der Waals surface area (Å²) in [7, 11) is 1.76. The van der Waals surface area contributed by atoms with Crippen molar-refractivity contribution in [2.75, 3.05) is 5.75 Å². The highest BCUT2D eigenvalue weighted by Gasteiger charge is 2.24. The maximum Gasteiger partial charge on any atom is 0.408 e. The van der Waals surface area contributed by atoms with Crippen LogP contribution in [0.2, 0.25) is 0 Å². The maximum absolute atomic E-state index is 11.6. The number of hydrogen-bond donors (Lipinski definition) is 2. The SMILES string of the molecule is Cn1ncnc1CSCC(NC(=O)OC(C)(C)C)C(=O)O. The molecule has 0 aliphatic rings. The van der Waals surface area contributed by atoms with Crippen LogP contribution < -0.4 is 5.32 Å². The molecule has 0 saturated heterocycles. The minimum atomic E-state index is -1.11. The molecule has 0 spiro atoms. The molecule has 0 radical (unpaired) electrons. The Labute approximate surface area is 127 Å². The number of carboxylic acids is 1. The van der Waals surface area contributed by atoms with E-state index >= 15 is 0 Å². The number of ether oxygens (including phenoxy) is 1. The summed E-state index contributed by atoms with van der Waals surface area (Å²) in [5.74, 6) is 0.352. The van der Waals surface area contributed by atoms with E-state index in [1.54, 1.807) is 32.5 Å².